The summed E-state index contributed by atoms with van der Waals surface area (Å²) in [6.07, 6.45) is 0. The minimum absolute atomic E-state index is 0. The molecule has 0 saturated carbocycles. The van der Waals surface area contributed by atoms with Gasteiger partial charge < -0.3 is 10.6 Å². The molecule has 1 aromatic carbocycles. The molecule has 7 heteroatoms. The molecule has 0 amide bonds. The fraction of sp³-hybridized carbons (Fsp3) is 0.333. The third-order valence-corrected chi connectivity index (χ3v) is 3.05. The second kappa shape index (κ2) is 9.95. The zero-order chi connectivity index (χ0) is 11.1. The van der Waals surface area contributed by atoms with Crippen LogP contribution in [-0.2, 0) is 9.37 Å². The Hall–Kier alpha value is 0.980. The first-order valence-corrected chi connectivity index (χ1v) is 6.58. The quantitative estimate of drug-likeness (QED) is 0.177. The van der Waals surface area contributed by atoms with Crippen molar-refractivity contribution in [1.29, 1.82) is 0 Å². The minimum atomic E-state index is 0. The molecule has 0 atom stereocenters. The van der Waals surface area contributed by atoms with Crippen LogP contribution >= 0.6 is 34.6 Å². The zero-order valence-electron chi connectivity index (χ0n) is 9.16. The first kappa shape index (κ1) is 17.0. The van der Waals surface area contributed by atoms with Crippen molar-refractivity contribution in [1.82, 2.24) is 0 Å². The van der Waals surface area contributed by atoms with Gasteiger partial charge in [0.15, 0.2) is 0 Å². The Labute approximate surface area is 135 Å². The fourth-order valence-electron chi connectivity index (χ4n) is 1.09. The average Bonchev–Trinajstić information content (AvgIpc) is 2.25. The van der Waals surface area contributed by atoms with Crippen molar-refractivity contribution in [2.45, 2.75) is 11.8 Å². The van der Waals surface area contributed by atoms with Gasteiger partial charge in [-0.25, -0.2) is 0 Å². The summed E-state index contributed by atoms with van der Waals surface area (Å²) in [4.78, 5) is 0.867. The van der Waals surface area contributed by atoms with Crippen LogP contribution < -0.4 is 40.1 Å². The van der Waals surface area contributed by atoms with E-state index in [-0.39, 0.29) is 29.6 Å². The molecule has 0 aliphatic rings. The van der Waals surface area contributed by atoms with Crippen LogP contribution in [0.3, 0.4) is 0 Å². The monoisotopic (exact) mass is 363 g/mol. The van der Waals surface area contributed by atoms with Gasteiger partial charge in [-0.1, -0.05) is 22.6 Å². The van der Waals surface area contributed by atoms with Gasteiger partial charge in [-0.2, -0.15) is 4.33 Å². The molecule has 0 aliphatic carbocycles. The fourth-order valence-corrected chi connectivity index (χ4v) is 1.78. The summed E-state index contributed by atoms with van der Waals surface area (Å²) in [6.45, 7) is 2.89. The maximum absolute atomic E-state index is 9.67. The molecule has 1 rings (SSSR count). The topological polar surface area (TPSA) is 53.5 Å². The second-order valence-corrected chi connectivity index (χ2v) is 4.64. The van der Waals surface area contributed by atoms with Gasteiger partial charge in [0, 0.05) is 21.6 Å². The van der Waals surface area contributed by atoms with E-state index in [1.807, 2.05) is 25.1 Å². The van der Waals surface area contributed by atoms with E-state index in [4.69, 9.17) is 0 Å². The van der Waals surface area contributed by atoms with Crippen LogP contribution in [0.5, 0.6) is 0 Å². The van der Waals surface area contributed by atoms with Crippen LogP contribution in [0.1, 0.15) is 5.56 Å². The number of benzene rings is 1. The molecular weight excluding hydrogens is 352 g/mol. The first-order valence-electron chi connectivity index (χ1n) is 4.31. The van der Waals surface area contributed by atoms with E-state index in [9.17, 15) is 5.26 Å². The van der Waals surface area contributed by atoms with Crippen molar-refractivity contribution in [3.05, 3.63) is 23.8 Å². The number of nitrogens with one attached hydrogen (secondary N) is 1. The molecule has 0 fully saturated rings. The molecule has 16 heavy (non-hydrogen) atoms. The Morgan fingerprint density at radius 3 is 2.81 bits per heavy atom. The second-order valence-electron chi connectivity index (χ2n) is 2.82. The summed E-state index contributed by atoms with van der Waals surface area (Å²) in [5.74, 6) is 0. The van der Waals surface area contributed by atoms with E-state index < -0.39 is 0 Å². The van der Waals surface area contributed by atoms with Gasteiger partial charge in [-0.3, -0.25) is 5.04 Å². The van der Waals surface area contributed by atoms with Crippen LogP contribution in [0, 0.1) is 6.92 Å². The number of hydrogen-bond donors (Lipinski definition) is 1. The molecule has 1 aromatic rings. The number of rotatable bonds is 6. The van der Waals surface area contributed by atoms with Gasteiger partial charge in [0.2, 0.25) is 0 Å². The van der Waals surface area contributed by atoms with Crippen molar-refractivity contribution < 1.29 is 44.2 Å². The Morgan fingerprint density at radius 2 is 2.25 bits per heavy atom. The standard InChI is InChI=1S/C9H12INO3S.Na/c1-7-6-8(11-5-4-10)2-3-9(7)15-14-13-12;/h2-3,6,11-12H,4-5H2,1H3;/q;+1/p-1. The van der Waals surface area contributed by atoms with Gasteiger partial charge in [-0.05, 0) is 30.7 Å². The van der Waals surface area contributed by atoms with E-state index in [2.05, 4.69) is 37.3 Å². The number of anilines is 1. The molecule has 0 spiro atoms. The predicted molar refractivity (Wildman–Crippen MR) is 66.6 cm³/mol. The van der Waals surface area contributed by atoms with Gasteiger partial charge in [0.1, 0.15) is 0 Å². The molecule has 0 unspecified atom stereocenters. The van der Waals surface area contributed by atoms with Gasteiger partial charge in [0.05, 0.1) is 12.0 Å². The summed E-state index contributed by atoms with van der Waals surface area (Å²) < 4.78 is 5.32. The number of hydrogen-bond acceptors (Lipinski definition) is 5. The van der Waals surface area contributed by atoms with Crippen molar-refractivity contribution in [3.63, 3.8) is 0 Å². The van der Waals surface area contributed by atoms with Gasteiger partial charge in [-0.15, -0.1) is 0 Å². The van der Waals surface area contributed by atoms with Gasteiger partial charge in [0.25, 0.3) is 0 Å². The van der Waals surface area contributed by atoms with Crippen molar-refractivity contribution in [2.75, 3.05) is 16.3 Å². The van der Waals surface area contributed by atoms with Crippen molar-refractivity contribution in [2.24, 2.45) is 0 Å². The molecule has 0 saturated heterocycles. The van der Waals surface area contributed by atoms with Crippen LogP contribution in [-0.4, -0.2) is 11.0 Å². The third kappa shape index (κ3) is 6.06. The Morgan fingerprint density at radius 1 is 1.50 bits per heavy atom. The summed E-state index contributed by atoms with van der Waals surface area (Å²) in [6, 6.07) is 5.83. The number of halogens is 1. The normalized spacial score (nSPS) is 9.69. The summed E-state index contributed by atoms with van der Waals surface area (Å²) in [5.41, 5.74) is 2.10. The van der Waals surface area contributed by atoms with Crippen LogP contribution in [0.25, 0.3) is 0 Å². The van der Waals surface area contributed by atoms with Crippen LogP contribution in [0.15, 0.2) is 23.1 Å². The smallest absolute Gasteiger partial charge is 0.691 e. The van der Waals surface area contributed by atoms with Crippen LogP contribution in [0.2, 0.25) is 0 Å². The first-order chi connectivity index (χ1) is 7.27. The maximum Gasteiger partial charge on any atom is 1.00 e. The maximum atomic E-state index is 9.67. The molecule has 0 bridgehead atoms. The number of aryl methyl sites for hydroxylation is 1. The van der Waals surface area contributed by atoms with E-state index in [0.29, 0.717) is 0 Å². The number of alkyl halides is 1. The molecule has 0 radical (unpaired) electrons. The Balaban J connectivity index is 0.00000225. The SMILES string of the molecule is Cc1cc(NCCI)ccc1SOO[O-].[Na+]. The molecule has 0 aromatic heterocycles. The predicted octanol–water partition coefficient (Wildman–Crippen LogP) is -0.923. The third-order valence-electron chi connectivity index (χ3n) is 1.75. The minimum Gasteiger partial charge on any atom is -0.691 e. The summed E-state index contributed by atoms with van der Waals surface area (Å²) in [7, 11) is 0. The van der Waals surface area contributed by atoms with E-state index in [1.54, 1.807) is 0 Å². The van der Waals surface area contributed by atoms with Gasteiger partial charge >= 0.3 is 29.6 Å². The average molecular weight is 363 g/mol. The molecule has 1 N–H and O–H groups in total. The van der Waals surface area contributed by atoms with Crippen LogP contribution in [0.4, 0.5) is 5.69 Å². The summed E-state index contributed by atoms with van der Waals surface area (Å²) >= 11 is 3.23. The summed E-state index contributed by atoms with van der Waals surface area (Å²) in [5, 5.41) is 16.2. The van der Waals surface area contributed by atoms with E-state index in [0.717, 1.165) is 39.2 Å². The molecule has 0 heterocycles. The Bertz CT molecular complexity index is 317. The molecular formula is C9H11INNaO3S. The molecule has 0 aliphatic heterocycles. The van der Waals surface area contributed by atoms with Crippen molar-refractivity contribution >= 4 is 40.3 Å². The largest absolute Gasteiger partial charge is 1.00 e. The van der Waals surface area contributed by atoms with Crippen molar-refractivity contribution in [3.8, 4) is 0 Å². The molecule has 84 valence electrons. The van der Waals surface area contributed by atoms with E-state index >= 15 is 0 Å². The zero-order valence-corrected chi connectivity index (χ0v) is 14.1. The Kier molecular flexibility index (Phi) is 10.6. The molecule has 4 nitrogen and oxygen atoms in total. The van der Waals surface area contributed by atoms with E-state index in [1.165, 1.54) is 0 Å².